The first-order valence-electron chi connectivity index (χ1n) is 6.58. The molecule has 0 heterocycles. The number of ether oxygens (including phenoxy) is 1. The number of nitrogens with one attached hydrogen (secondary N) is 1. The van der Waals surface area contributed by atoms with Crippen LogP contribution in [-0.2, 0) is 4.74 Å². The van der Waals surface area contributed by atoms with Crippen molar-refractivity contribution >= 4 is 0 Å². The number of hydrogen-bond donors (Lipinski definition) is 1. The Morgan fingerprint density at radius 2 is 2.07 bits per heavy atom. The van der Waals surface area contributed by atoms with E-state index >= 15 is 0 Å². The van der Waals surface area contributed by atoms with Gasteiger partial charge in [0, 0.05) is 24.1 Å². The van der Waals surface area contributed by atoms with Crippen molar-refractivity contribution in [3.8, 4) is 0 Å². The molecule has 0 spiro atoms. The smallest absolute Gasteiger partial charge is 0.0658 e. The first-order chi connectivity index (χ1) is 7.20. The lowest BCUT2D eigenvalue weighted by atomic mass is 9.61. The zero-order valence-corrected chi connectivity index (χ0v) is 10.4. The van der Waals surface area contributed by atoms with Gasteiger partial charge in [-0.05, 0) is 32.6 Å². The van der Waals surface area contributed by atoms with Gasteiger partial charge in [0.15, 0.2) is 0 Å². The minimum Gasteiger partial charge on any atom is -0.378 e. The van der Waals surface area contributed by atoms with Crippen LogP contribution in [0.1, 0.15) is 52.9 Å². The highest BCUT2D eigenvalue weighted by Gasteiger charge is 2.51. The molecule has 0 aromatic rings. The molecule has 0 saturated heterocycles. The lowest BCUT2D eigenvalue weighted by molar-refractivity contribution is -0.129. The third kappa shape index (κ3) is 1.94. The summed E-state index contributed by atoms with van der Waals surface area (Å²) in [5.74, 6) is 0. The number of hydrogen-bond acceptors (Lipinski definition) is 2. The van der Waals surface area contributed by atoms with Gasteiger partial charge in [0.05, 0.1) is 6.10 Å². The lowest BCUT2D eigenvalue weighted by Crippen LogP contribution is -2.64. The third-order valence-corrected chi connectivity index (χ3v) is 4.65. The average molecular weight is 211 g/mol. The summed E-state index contributed by atoms with van der Waals surface area (Å²) in [6.45, 7) is 7.63. The maximum absolute atomic E-state index is 5.81. The normalized spacial score (nSPS) is 41.0. The monoisotopic (exact) mass is 211 g/mol. The first-order valence-corrected chi connectivity index (χ1v) is 6.58. The second-order valence-electron chi connectivity index (χ2n) is 5.39. The SMILES string of the molecule is CCOC1CC(NC2CCC2)C1(C)CC. The molecule has 2 nitrogen and oxygen atoms in total. The van der Waals surface area contributed by atoms with Gasteiger partial charge in [0.1, 0.15) is 0 Å². The summed E-state index contributed by atoms with van der Waals surface area (Å²) in [6.07, 6.45) is 7.12. The third-order valence-electron chi connectivity index (χ3n) is 4.65. The molecule has 0 aromatic carbocycles. The maximum atomic E-state index is 5.81. The minimum atomic E-state index is 0.381. The lowest BCUT2D eigenvalue weighted by Gasteiger charge is -2.55. The van der Waals surface area contributed by atoms with Crippen molar-refractivity contribution in [3.63, 3.8) is 0 Å². The molecule has 2 rings (SSSR count). The molecule has 0 radical (unpaired) electrons. The summed E-state index contributed by atoms with van der Waals surface area (Å²) in [6, 6.07) is 1.51. The quantitative estimate of drug-likeness (QED) is 0.755. The van der Waals surface area contributed by atoms with Crippen molar-refractivity contribution in [1.82, 2.24) is 5.32 Å². The summed E-state index contributed by atoms with van der Waals surface area (Å²) >= 11 is 0. The Labute approximate surface area is 93.8 Å². The summed E-state index contributed by atoms with van der Waals surface area (Å²) in [5, 5.41) is 3.80. The van der Waals surface area contributed by atoms with Crippen molar-refractivity contribution in [3.05, 3.63) is 0 Å². The van der Waals surface area contributed by atoms with Crippen LogP contribution >= 0.6 is 0 Å². The van der Waals surface area contributed by atoms with Crippen LogP contribution in [0.3, 0.4) is 0 Å². The van der Waals surface area contributed by atoms with Crippen LogP contribution in [0.15, 0.2) is 0 Å². The van der Waals surface area contributed by atoms with E-state index in [2.05, 4.69) is 26.1 Å². The predicted molar refractivity (Wildman–Crippen MR) is 63.0 cm³/mol. The Morgan fingerprint density at radius 1 is 1.33 bits per heavy atom. The van der Waals surface area contributed by atoms with E-state index in [0.29, 0.717) is 17.6 Å². The van der Waals surface area contributed by atoms with E-state index in [-0.39, 0.29) is 0 Å². The van der Waals surface area contributed by atoms with Crippen LogP contribution in [0.5, 0.6) is 0 Å². The van der Waals surface area contributed by atoms with E-state index in [9.17, 15) is 0 Å². The summed E-state index contributed by atoms with van der Waals surface area (Å²) in [4.78, 5) is 0. The molecule has 0 amide bonds. The Bertz CT molecular complexity index is 215. The molecule has 3 unspecified atom stereocenters. The molecule has 88 valence electrons. The van der Waals surface area contributed by atoms with Crippen molar-refractivity contribution in [2.24, 2.45) is 5.41 Å². The van der Waals surface area contributed by atoms with E-state index in [1.165, 1.54) is 32.1 Å². The fourth-order valence-electron chi connectivity index (χ4n) is 2.87. The first kappa shape index (κ1) is 11.4. The van der Waals surface area contributed by atoms with Gasteiger partial charge in [-0.25, -0.2) is 0 Å². The zero-order valence-electron chi connectivity index (χ0n) is 10.4. The van der Waals surface area contributed by atoms with Gasteiger partial charge < -0.3 is 10.1 Å². The average Bonchev–Trinajstić information content (AvgIpc) is 2.18. The van der Waals surface area contributed by atoms with E-state index < -0.39 is 0 Å². The molecule has 15 heavy (non-hydrogen) atoms. The van der Waals surface area contributed by atoms with E-state index in [1.807, 2.05) is 0 Å². The summed E-state index contributed by atoms with van der Waals surface area (Å²) < 4.78 is 5.81. The molecule has 2 aliphatic rings. The second-order valence-corrected chi connectivity index (χ2v) is 5.39. The Morgan fingerprint density at radius 3 is 2.53 bits per heavy atom. The van der Waals surface area contributed by atoms with Crippen molar-refractivity contribution < 1.29 is 4.74 Å². The molecule has 0 aromatic heterocycles. The topological polar surface area (TPSA) is 21.3 Å². The Balaban J connectivity index is 1.85. The van der Waals surface area contributed by atoms with Gasteiger partial charge in [-0.15, -0.1) is 0 Å². The highest BCUT2D eigenvalue weighted by molar-refractivity contribution is 5.06. The zero-order chi connectivity index (χ0) is 10.9. The van der Waals surface area contributed by atoms with Crippen LogP contribution in [0, 0.1) is 5.41 Å². The standard InChI is InChI=1S/C13H25NO/c1-4-13(3)11(9-12(13)15-5-2)14-10-7-6-8-10/h10-12,14H,4-9H2,1-3H3. The second kappa shape index (κ2) is 4.42. The van der Waals surface area contributed by atoms with Gasteiger partial charge in [0.25, 0.3) is 0 Å². The Hall–Kier alpha value is -0.0800. The molecule has 2 aliphatic carbocycles. The molecule has 2 saturated carbocycles. The van der Waals surface area contributed by atoms with Gasteiger partial charge in [-0.2, -0.15) is 0 Å². The van der Waals surface area contributed by atoms with Crippen molar-refractivity contribution in [1.29, 1.82) is 0 Å². The van der Waals surface area contributed by atoms with Gasteiger partial charge in [-0.1, -0.05) is 20.3 Å². The molecule has 3 atom stereocenters. The molecule has 2 fully saturated rings. The summed E-state index contributed by atoms with van der Waals surface area (Å²) in [5.41, 5.74) is 0.381. The fourth-order valence-corrected chi connectivity index (χ4v) is 2.87. The van der Waals surface area contributed by atoms with Gasteiger partial charge >= 0.3 is 0 Å². The maximum Gasteiger partial charge on any atom is 0.0658 e. The number of rotatable bonds is 5. The van der Waals surface area contributed by atoms with Crippen LogP contribution < -0.4 is 5.32 Å². The predicted octanol–water partition coefficient (Wildman–Crippen LogP) is 2.72. The minimum absolute atomic E-state index is 0.381. The van der Waals surface area contributed by atoms with E-state index in [1.54, 1.807) is 0 Å². The van der Waals surface area contributed by atoms with Crippen LogP contribution in [0.2, 0.25) is 0 Å². The molecule has 0 bridgehead atoms. The Kier molecular flexibility index (Phi) is 3.36. The largest absolute Gasteiger partial charge is 0.378 e. The highest BCUT2D eigenvalue weighted by atomic mass is 16.5. The molecular formula is C13H25NO. The van der Waals surface area contributed by atoms with Crippen molar-refractivity contribution in [2.75, 3.05) is 6.61 Å². The van der Waals surface area contributed by atoms with Crippen LogP contribution in [0.25, 0.3) is 0 Å². The van der Waals surface area contributed by atoms with Crippen molar-refractivity contribution in [2.45, 2.75) is 71.1 Å². The fraction of sp³-hybridized carbons (Fsp3) is 1.00. The van der Waals surface area contributed by atoms with Gasteiger partial charge in [-0.3, -0.25) is 0 Å². The molecule has 2 heteroatoms. The molecular weight excluding hydrogens is 186 g/mol. The van der Waals surface area contributed by atoms with E-state index in [4.69, 9.17) is 4.74 Å². The highest BCUT2D eigenvalue weighted by Crippen LogP contribution is 2.46. The van der Waals surface area contributed by atoms with Gasteiger partial charge in [0.2, 0.25) is 0 Å². The molecule has 0 aliphatic heterocycles. The molecule has 1 N–H and O–H groups in total. The van der Waals surface area contributed by atoms with Crippen LogP contribution in [0.4, 0.5) is 0 Å². The van der Waals surface area contributed by atoms with E-state index in [0.717, 1.165) is 12.6 Å². The summed E-state index contributed by atoms with van der Waals surface area (Å²) in [7, 11) is 0. The van der Waals surface area contributed by atoms with Crippen LogP contribution in [-0.4, -0.2) is 24.8 Å².